The lowest BCUT2D eigenvalue weighted by Gasteiger charge is -2.10. The van der Waals surface area contributed by atoms with Gasteiger partial charge in [0.15, 0.2) is 5.15 Å². The normalized spacial score (nSPS) is 15.3. The molecule has 0 N–H and O–H groups in total. The van der Waals surface area contributed by atoms with Crippen LogP contribution >= 0.6 is 27.5 Å². The van der Waals surface area contributed by atoms with Crippen molar-refractivity contribution in [3.63, 3.8) is 0 Å². The third-order valence-corrected chi connectivity index (χ3v) is 1.94. The van der Waals surface area contributed by atoms with E-state index in [9.17, 15) is 0 Å². The molecule has 1 aromatic rings. The largest absolute Gasteiger partial charge is 0.433 e. The quantitative estimate of drug-likeness (QED) is 0.689. The van der Waals surface area contributed by atoms with Crippen molar-refractivity contribution < 1.29 is 4.74 Å². The first kappa shape index (κ1) is 7.18. The van der Waals surface area contributed by atoms with Crippen LogP contribution in [0, 0.1) is 0 Å². The van der Waals surface area contributed by atoms with E-state index in [0.717, 1.165) is 11.0 Å². The van der Waals surface area contributed by atoms with Gasteiger partial charge in [-0.05, 0) is 0 Å². The van der Waals surface area contributed by atoms with Crippen molar-refractivity contribution in [2.75, 3.05) is 0 Å². The Kier molecular flexibility index (Phi) is 1.65. The highest BCUT2D eigenvalue weighted by molar-refractivity contribution is 9.11. The fourth-order valence-corrected chi connectivity index (χ4v) is 1.45. The molecule has 0 radical (unpaired) electrons. The Morgan fingerprint density at radius 3 is 3.36 bits per heavy atom. The topological polar surface area (TPSA) is 27.1 Å². The number of allylic oxidation sites excluding steroid dienone is 1. The van der Waals surface area contributed by atoms with E-state index in [1.807, 2.05) is 4.57 Å². The van der Waals surface area contributed by atoms with Crippen LogP contribution in [0.25, 0.3) is 0 Å². The highest BCUT2D eigenvalue weighted by Gasteiger charge is 2.12. The molecular formula is C6H4BrClN2O. The molecule has 0 bridgehead atoms. The Labute approximate surface area is 76.8 Å². The first-order valence-corrected chi connectivity index (χ1v) is 4.16. The number of fused-ring (bicyclic) bond motifs is 1. The second-order valence-electron chi connectivity index (χ2n) is 2.16. The third kappa shape index (κ3) is 1.28. The number of halogens is 2. The lowest BCUT2D eigenvalue weighted by atomic mass is 10.5. The van der Waals surface area contributed by atoms with Gasteiger partial charge in [0.05, 0.1) is 11.0 Å². The number of aromatic nitrogens is 2. The molecule has 3 nitrogen and oxygen atoms in total. The van der Waals surface area contributed by atoms with Crippen LogP contribution in [0.2, 0.25) is 5.15 Å². The van der Waals surface area contributed by atoms with E-state index >= 15 is 0 Å². The van der Waals surface area contributed by atoms with E-state index < -0.39 is 0 Å². The van der Waals surface area contributed by atoms with Crippen LogP contribution in [0.1, 0.15) is 0 Å². The minimum absolute atomic E-state index is 0.454. The number of rotatable bonds is 0. The molecule has 58 valence electrons. The highest BCUT2D eigenvalue weighted by atomic mass is 79.9. The summed E-state index contributed by atoms with van der Waals surface area (Å²) >= 11 is 8.96. The average Bonchev–Trinajstić information content (AvgIpc) is 2.27. The molecule has 0 saturated carbocycles. The molecule has 11 heavy (non-hydrogen) atoms. The van der Waals surface area contributed by atoms with Crippen LogP contribution in [0.15, 0.2) is 16.9 Å². The van der Waals surface area contributed by atoms with Gasteiger partial charge in [0.25, 0.3) is 0 Å². The van der Waals surface area contributed by atoms with Crippen molar-refractivity contribution in [1.82, 2.24) is 9.55 Å². The summed E-state index contributed by atoms with van der Waals surface area (Å²) in [6.45, 7) is 0.731. The zero-order chi connectivity index (χ0) is 7.84. The molecule has 0 aliphatic carbocycles. The van der Waals surface area contributed by atoms with Gasteiger partial charge in [-0.1, -0.05) is 27.5 Å². The van der Waals surface area contributed by atoms with Crippen LogP contribution < -0.4 is 4.74 Å². The summed E-state index contributed by atoms with van der Waals surface area (Å²) in [6.07, 6.45) is 3.34. The van der Waals surface area contributed by atoms with E-state index in [2.05, 4.69) is 20.9 Å². The molecule has 2 rings (SSSR count). The van der Waals surface area contributed by atoms with Crippen LogP contribution in [-0.4, -0.2) is 9.55 Å². The highest BCUT2D eigenvalue weighted by Crippen LogP contribution is 2.23. The van der Waals surface area contributed by atoms with Gasteiger partial charge in [0.1, 0.15) is 6.26 Å². The van der Waals surface area contributed by atoms with E-state index in [1.165, 1.54) is 0 Å². The van der Waals surface area contributed by atoms with E-state index in [4.69, 9.17) is 16.3 Å². The zero-order valence-electron chi connectivity index (χ0n) is 5.42. The molecule has 0 unspecified atom stereocenters. The van der Waals surface area contributed by atoms with Crippen molar-refractivity contribution in [2.24, 2.45) is 0 Å². The number of nitrogens with zero attached hydrogens (tertiary/aromatic N) is 2. The maximum Gasteiger partial charge on any atom is 0.303 e. The fraction of sp³-hybridized carbons (Fsp3) is 0.167. The van der Waals surface area contributed by atoms with Crippen LogP contribution in [0.5, 0.6) is 6.01 Å². The summed E-state index contributed by atoms with van der Waals surface area (Å²) in [7, 11) is 0. The number of ether oxygens (including phenoxy) is 1. The van der Waals surface area contributed by atoms with Crippen LogP contribution in [0.4, 0.5) is 0 Å². The Hall–Kier alpha value is -0.480. The lowest BCUT2D eigenvalue weighted by molar-refractivity contribution is 0.394. The number of imidazole rings is 1. The standard InChI is InChI=1S/C6H4BrClN2O/c7-4-1-10-2-5(8)9-6(10)11-3-4/h2-3H,1H2. The molecule has 0 atom stereocenters. The van der Waals surface area contributed by atoms with Gasteiger partial charge in [-0.2, -0.15) is 4.98 Å². The van der Waals surface area contributed by atoms with Crippen molar-refractivity contribution >= 4 is 27.5 Å². The summed E-state index contributed by atoms with van der Waals surface area (Å²) in [5.74, 6) is 0. The Bertz CT molecular complexity index is 320. The predicted octanol–water partition coefficient (Wildman–Crippen LogP) is 2.17. The first-order valence-electron chi connectivity index (χ1n) is 2.99. The maximum atomic E-state index is 5.65. The van der Waals surface area contributed by atoms with Gasteiger partial charge in [-0.3, -0.25) is 4.57 Å². The number of hydrogen-bond acceptors (Lipinski definition) is 2. The Balaban J connectivity index is 2.40. The average molecular weight is 235 g/mol. The van der Waals surface area contributed by atoms with Crippen molar-refractivity contribution in [2.45, 2.75) is 6.54 Å². The van der Waals surface area contributed by atoms with E-state index in [0.29, 0.717) is 11.2 Å². The third-order valence-electron chi connectivity index (χ3n) is 1.32. The van der Waals surface area contributed by atoms with Crippen molar-refractivity contribution in [1.29, 1.82) is 0 Å². The van der Waals surface area contributed by atoms with Gasteiger partial charge in [0, 0.05) is 6.20 Å². The van der Waals surface area contributed by atoms with Crippen molar-refractivity contribution in [3.05, 3.63) is 22.1 Å². The minimum Gasteiger partial charge on any atom is -0.433 e. The summed E-state index contributed by atoms with van der Waals surface area (Å²) in [5.41, 5.74) is 0. The Morgan fingerprint density at radius 2 is 2.55 bits per heavy atom. The van der Waals surface area contributed by atoms with Gasteiger partial charge in [0.2, 0.25) is 0 Å². The lowest BCUT2D eigenvalue weighted by Crippen LogP contribution is -2.05. The second kappa shape index (κ2) is 2.53. The molecule has 1 aliphatic rings. The molecule has 0 aromatic carbocycles. The molecule has 0 spiro atoms. The van der Waals surface area contributed by atoms with Gasteiger partial charge < -0.3 is 4.74 Å². The van der Waals surface area contributed by atoms with Gasteiger partial charge >= 0.3 is 6.01 Å². The minimum atomic E-state index is 0.454. The molecule has 0 saturated heterocycles. The Morgan fingerprint density at radius 1 is 1.73 bits per heavy atom. The maximum absolute atomic E-state index is 5.65. The molecule has 5 heteroatoms. The summed E-state index contributed by atoms with van der Waals surface area (Å²) in [6, 6.07) is 0.540. The smallest absolute Gasteiger partial charge is 0.303 e. The second-order valence-corrected chi connectivity index (χ2v) is 3.56. The molecule has 0 amide bonds. The molecule has 2 heterocycles. The molecule has 1 aliphatic heterocycles. The van der Waals surface area contributed by atoms with E-state index in [-0.39, 0.29) is 0 Å². The van der Waals surface area contributed by atoms with Crippen molar-refractivity contribution in [3.8, 4) is 6.01 Å². The monoisotopic (exact) mass is 234 g/mol. The fourth-order valence-electron chi connectivity index (χ4n) is 0.892. The van der Waals surface area contributed by atoms with Gasteiger partial charge in [-0.25, -0.2) is 0 Å². The van der Waals surface area contributed by atoms with E-state index in [1.54, 1.807) is 12.5 Å². The van der Waals surface area contributed by atoms with Crippen LogP contribution in [-0.2, 0) is 6.54 Å². The summed E-state index contributed by atoms with van der Waals surface area (Å²) in [4.78, 5) is 3.93. The first-order chi connectivity index (χ1) is 5.25. The SMILES string of the molecule is Clc1cn2c(n1)OC=C(Br)C2. The molecule has 1 aromatic heterocycles. The predicted molar refractivity (Wildman–Crippen MR) is 44.9 cm³/mol. The molecular weight excluding hydrogens is 231 g/mol. The van der Waals surface area contributed by atoms with Gasteiger partial charge in [-0.15, -0.1) is 0 Å². The zero-order valence-corrected chi connectivity index (χ0v) is 7.76. The van der Waals surface area contributed by atoms with Crippen LogP contribution in [0.3, 0.4) is 0 Å². The summed E-state index contributed by atoms with van der Waals surface area (Å²) < 4.78 is 7.91. The molecule has 0 fully saturated rings. The summed E-state index contributed by atoms with van der Waals surface area (Å²) in [5, 5.41) is 0.454. The number of hydrogen-bond donors (Lipinski definition) is 0.